The van der Waals surface area contributed by atoms with Gasteiger partial charge in [-0.15, -0.1) is 0 Å². The largest absolute Gasteiger partial charge is 0.488 e. The van der Waals surface area contributed by atoms with E-state index in [4.69, 9.17) is 14.6 Å². The first-order chi connectivity index (χ1) is 10.7. The molecule has 2 rings (SSSR count). The van der Waals surface area contributed by atoms with Crippen molar-refractivity contribution in [2.75, 3.05) is 13.2 Å². The summed E-state index contributed by atoms with van der Waals surface area (Å²) in [6.07, 6.45) is 4.67. The molecule has 0 aliphatic carbocycles. The average Bonchev–Trinajstić information content (AvgIpc) is 2.55. The number of aliphatic hydroxyl groups is 1. The molecule has 1 amide bonds. The number of aliphatic hydroxyl groups excluding tert-OH is 1. The fraction of sp³-hybridized carbons (Fsp3) is 0.471. The Morgan fingerprint density at radius 1 is 1.45 bits per heavy atom. The number of hydrogen-bond donors (Lipinski definition) is 2. The van der Waals surface area contributed by atoms with Crippen molar-refractivity contribution in [3.63, 3.8) is 0 Å². The molecule has 1 aliphatic heterocycles. The number of nitrogens with one attached hydrogen (secondary N) is 1. The van der Waals surface area contributed by atoms with Gasteiger partial charge in [0.15, 0.2) is 0 Å². The van der Waals surface area contributed by atoms with Crippen LogP contribution in [0.25, 0.3) is 0 Å². The third kappa shape index (κ3) is 4.86. The molecule has 0 saturated carbocycles. The van der Waals surface area contributed by atoms with Gasteiger partial charge in [-0.25, -0.2) is 0 Å². The smallest absolute Gasteiger partial charge is 0.224 e. The van der Waals surface area contributed by atoms with Crippen molar-refractivity contribution in [2.24, 2.45) is 0 Å². The van der Waals surface area contributed by atoms with Crippen molar-refractivity contribution in [1.29, 1.82) is 0 Å². The van der Waals surface area contributed by atoms with Crippen molar-refractivity contribution in [1.82, 2.24) is 5.32 Å². The molecule has 0 bridgehead atoms. The van der Waals surface area contributed by atoms with Crippen LogP contribution >= 0.6 is 0 Å². The highest BCUT2D eigenvalue weighted by atomic mass is 16.5. The van der Waals surface area contributed by atoms with E-state index in [1.165, 1.54) is 0 Å². The summed E-state index contributed by atoms with van der Waals surface area (Å²) in [5, 5.41) is 12.0. The molecule has 5 heteroatoms. The molecule has 120 valence electrons. The Morgan fingerprint density at radius 2 is 2.23 bits per heavy atom. The lowest BCUT2D eigenvalue weighted by molar-refractivity contribution is -0.123. The molecule has 1 fully saturated rings. The van der Waals surface area contributed by atoms with Gasteiger partial charge < -0.3 is 19.9 Å². The van der Waals surface area contributed by atoms with Gasteiger partial charge in [0.25, 0.3) is 0 Å². The quantitative estimate of drug-likeness (QED) is 0.786. The van der Waals surface area contributed by atoms with Crippen LogP contribution in [0.1, 0.15) is 25.3 Å². The number of benzene rings is 1. The topological polar surface area (TPSA) is 67.8 Å². The molecule has 5 nitrogen and oxygen atoms in total. The third-order valence-electron chi connectivity index (χ3n) is 3.57. The maximum Gasteiger partial charge on any atom is 0.224 e. The van der Waals surface area contributed by atoms with Crippen molar-refractivity contribution in [3.05, 3.63) is 42.0 Å². The first-order valence-electron chi connectivity index (χ1n) is 7.57. The fourth-order valence-electron chi connectivity index (χ4n) is 2.33. The van der Waals surface area contributed by atoms with Crippen LogP contribution in [0, 0.1) is 0 Å². The Hall–Kier alpha value is -1.85. The summed E-state index contributed by atoms with van der Waals surface area (Å²) in [7, 11) is 0. The number of allylic oxidation sites excluding steroid dienone is 1. The van der Waals surface area contributed by atoms with Gasteiger partial charge in [-0.2, -0.15) is 0 Å². The lowest BCUT2D eigenvalue weighted by Crippen LogP contribution is -2.51. The van der Waals surface area contributed by atoms with Crippen LogP contribution in [0.15, 0.2) is 36.4 Å². The van der Waals surface area contributed by atoms with E-state index >= 15 is 0 Å². The maximum atomic E-state index is 11.9. The van der Waals surface area contributed by atoms with E-state index < -0.39 is 0 Å². The molecular formula is C17H23NO4. The number of hydrogen-bond acceptors (Lipinski definition) is 4. The molecule has 1 aliphatic rings. The van der Waals surface area contributed by atoms with Crippen LogP contribution in [0.3, 0.4) is 0 Å². The van der Waals surface area contributed by atoms with Gasteiger partial charge >= 0.3 is 0 Å². The van der Waals surface area contributed by atoms with E-state index in [-0.39, 0.29) is 24.7 Å². The van der Waals surface area contributed by atoms with E-state index in [1.807, 2.05) is 43.3 Å². The molecule has 0 unspecified atom stereocenters. The van der Waals surface area contributed by atoms with Crippen LogP contribution in [0.5, 0.6) is 5.75 Å². The highest BCUT2D eigenvalue weighted by Gasteiger charge is 2.28. The molecule has 0 aromatic heterocycles. The van der Waals surface area contributed by atoms with Crippen LogP contribution in [-0.2, 0) is 16.1 Å². The maximum absolute atomic E-state index is 11.9. The molecule has 2 N–H and O–H groups in total. The van der Waals surface area contributed by atoms with Crippen molar-refractivity contribution >= 4 is 5.91 Å². The summed E-state index contributed by atoms with van der Waals surface area (Å²) in [6.45, 7) is 2.99. The first kappa shape index (κ1) is 16.5. The van der Waals surface area contributed by atoms with E-state index in [9.17, 15) is 4.79 Å². The molecule has 1 heterocycles. The Morgan fingerprint density at radius 3 is 2.91 bits per heavy atom. The van der Waals surface area contributed by atoms with Gasteiger partial charge in [0.05, 0.1) is 25.9 Å². The second kappa shape index (κ2) is 8.56. The van der Waals surface area contributed by atoms with Crippen LogP contribution < -0.4 is 10.1 Å². The summed E-state index contributed by atoms with van der Waals surface area (Å²) in [5.74, 6) is 0.703. The first-order valence-corrected chi connectivity index (χ1v) is 7.57. The monoisotopic (exact) mass is 305 g/mol. The zero-order valence-electron chi connectivity index (χ0n) is 12.8. The molecule has 1 aromatic rings. The van der Waals surface area contributed by atoms with Crippen molar-refractivity contribution < 1.29 is 19.4 Å². The predicted octanol–water partition coefficient (Wildman–Crippen LogP) is 1.80. The van der Waals surface area contributed by atoms with Crippen LogP contribution in [0.4, 0.5) is 0 Å². The summed E-state index contributed by atoms with van der Waals surface area (Å²) >= 11 is 0. The number of ether oxygens (including phenoxy) is 2. The second-order valence-electron chi connectivity index (χ2n) is 5.27. The number of carbonyl (C=O) groups excluding carboxylic acids is 1. The Kier molecular flexibility index (Phi) is 6.43. The van der Waals surface area contributed by atoms with Crippen molar-refractivity contribution in [3.8, 4) is 5.75 Å². The summed E-state index contributed by atoms with van der Waals surface area (Å²) in [4.78, 5) is 11.9. The lowest BCUT2D eigenvalue weighted by atomic mass is 10.1. The van der Waals surface area contributed by atoms with Gasteiger partial charge in [0.1, 0.15) is 11.9 Å². The average molecular weight is 305 g/mol. The van der Waals surface area contributed by atoms with E-state index in [0.29, 0.717) is 19.6 Å². The summed E-state index contributed by atoms with van der Waals surface area (Å²) < 4.78 is 11.4. The minimum atomic E-state index is -0.149. The van der Waals surface area contributed by atoms with Crippen molar-refractivity contribution in [2.45, 2.75) is 38.5 Å². The second-order valence-corrected chi connectivity index (χ2v) is 5.27. The minimum absolute atomic E-state index is 0.0151. The minimum Gasteiger partial charge on any atom is -0.488 e. The third-order valence-corrected chi connectivity index (χ3v) is 3.57. The fourth-order valence-corrected chi connectivity index (χ4v) is 2.33. The van der Waals surface area contributed by atoms with Gasteiger partial charge in [0, 0.05) is 12.8 Å². The molecular weight excluding hydrogens is 282 g/mol. The SMILES string of the molecule is CC=CCC(=O)N[C@@H]1COCC[C@H]1Oc1ccc(CO)cc1. The highest BCUT2D eigenvalue weighted by Crippen LogP contribution is 2.19. The molecule has 0 radical (unpaired) electrons. The zero-order chi connectivity index (χ0) is 15.8. The molecule has 2 atom stereocenters. The molecule has 0 spiro atoms. The van der Waals surface area contributed by atoms with E-state index in [0.717, 1.165) is 17.7 Å². The lowest BCUT2D eigenvalue weighted by Gasteiger charge is -2.32. The number of carbonyl (C=O) groups is 1. The van der Waals surface area contributed by atoms with Crippen LogP contribution in [-0.4, -0.2) is 36.4 Å². The summed E-state index contributed by atoms with van der Waals surface area (Å²) in [5.41, 5.74) is 0.843. The van der Waals surface area contributed by atoms with Gasteiger partial charge in [-0.05, 0) is 24.6 Å². The molecule has 22 heavy (non-hydrogen) atoms. The molecule has 1 saturated heterocycles. The van der Waals surface area contributed by atoms with E-state index in [2.05, 4.69) is 5.32 Å². The zero-order valence-corrected chi connectivity index (χ0v) is 12.8. The van der Waals surface area contributed by atoms with Gasteiger partial charge in [-0.3, -0.25) is 4.79 Å². The normalized spacial score (nSPS) is 21.7. The number of amides is 1. The van der Waals surface area contributed by atoms with Crippen LogP contribution in [0.2, 0.25) is 0 Å². The Balaban J connectivity index is 1.94. The highest BCUT2D eigenvalue weighted by molar-refractivity contribution is 5.77. The Labute approximate surface area is 130 Å². The van der Waals surface area contributed by atoms with Gasteiger partial charge in [0.2, 0.25) is 5.91 Å². The standard InChI is InChI=1S/C17H23NO4/c1-2-3-4-17(20)18-15-12-21-10-9-16(15)22-14-7-5-13(11-19)6-8-14/h2-3,5-8,15-16,19H,4,9-12H2,1H3,(H,18,20)/t15-,16-/m1/s1. The van der Waals surface area contributed by atoms with E-state index in [1.54, 1.807) is 0 Å². The number of rotatable bonds is 6. The Bertz CT molecular complexity index is 498. The predicted molar refractivity (Wildman–Crippen MR) is 83.6 cm³/mol. The van der Waals surface area contributed by atoms with Gasteiger partial charge in [-0.1, -0.05) is 24.3 Å². The molecule has 1 aromatic carbocycles. The summed E-state index contributed by atoms with van der Waals surface area (Å²) in [6, 6.07) is 7.17.